The Bertz CT molecular complexity index is 1450. The minimum Gasteiger partial charge on any atom is -0.493 e. The molecule has 1 aromatic heterocycles. The van der Waals surface area contributed by atoms with E-state index in [0.29, 0.717) is 11.1 Å². The molecular formula is C25H19ClN2O9S. The number of non-ortho nitro benzene ring substituents is 1. The number of hydrogen-bond acceptors (Lipinski definition) is 10. The van der Waals surface area contributed by atoms with Crippen LogP contribution < -0.4 is 9.47 Å². The average Bonchev–Trinajstić information content (AvgIpc) is 3.48. The van der Waals surface area contributed by atoms with Gasteiger partial charge in [-0.15, -0.1) is 0 Å². The fourth-order valence-electron chi connectivity index (χ4n) is 3.45. The molecule has 1 fully saturated rings. The summed E-state index contributed by atoms with van der Waals surface area (Å²) in [6.45, 7) is -0.0741. The number of carbonyl (C=O) groups excluding carboxylic acids is 3. The third kappa shape index (κ3) is 5.82. The zero-order valence-electron chi connectivity index (χ0n) is 20.0. The topological polar surface area (TPSA) is 138 Å². The molecule has 0 N–H and O–H groups in total. The van der Waals surface area contributed by atoms with E-state index < -0.39 is 22.0 Å². The summed E-state index contributed by atoms with van der Waals surface area (Å²) in [6, 6.07) is 11.9. The van der Waals surface area contributed by atoms with Crippen molar-refractivity contribution in [2.75, 3.05) is 14.2 Å². The van der Waals surface area contributed by atoms with E-state index in [1.165, 1.54) is 44.6 Å². The number of carbonyl (C=O) groups is 3. The Morgan fingerprint density at radius 1 is 1.16 bits per heavy atom. The normalized spacial score (nSPS) is 14.2. The van der Waals surface area contributed by atoms with Crippen LogP contribution in [0.25, 0.3) is 6.08 Å². The Morgan fingerprint density at radius 3 is 2.55 bits per heavy atom. The van der Waals surface area contributed by atoms with Crippen molar-refractivity contribution < 1.29 is 37.9 Å². The number of nitro groups is 1. The molecule has 0 bridgehead atoms. The summed E-state index contributed by atoms with van der Waals surface area (Å²) in [7, 11) is 2.64. The summed E-state index contributed by atoms with van der Waals surface area (Å²) in [4.78, 5) is 48.5. The summed E-state index contributed by atoms with van der Waals surface area (Å²) >= 11 is 7.18. The van der Waals surface area contributed by atoms with E-state index in [4.69, 9.17) is 25.5 Å². The fraction of sp³-hybridized carbons (Fsp3) is 0.160. The first-order chi connectivity index (χ1) is 18.2. The van der Waals surface area contributed by atoms with E-state index in [0.717, 1.165) is 16.7 Å². The number of hydrogen-bond donors (Lipinski definition) is 0. The lowest BCUT2D eigenvalue weighted by molar-refractivity contribution is -0.384. The van der Waals surface area contributed by atoms with Crippen LogP contribution in [0.2, 0.25) is 5.02 Å². The summed E-state index contributed by atoms with van der Waals surface area (Å²) < 4.78 is 21.1. The van der Waals surface area contributed by atoms with Gasteiger partial charge in [0.25, 0.3) is 16.8 Å². The van der Waals surface area contributed by atoms with Gasteiger partial charge in [-0.1, -0.05) is 11.6 Å². The van der Waals surface area contributed by atoms with E-state index in [9.17, 15) is 24.5 Å². The van der Waals surface area contributed by atoms with Gasteiger partial charge in [0.15, 0.2) is 11.5 Å². The van der Waals surface area contributed by atoms with Gasteiger partial charge < -0.3 is 18.6 Å². The maximum atomic E-state index is 12.9. The van der Waals surface area contributed by atoms with Crippen LogP contribution in [0.1, 0.15) is 27.4 Å². The second kappa shape index (κ2) is 11.4. The zero-order chi connectivity index (χ0) is 27.4. The molecule has 0 atom stereocenters. The van der Waals surface area contributed by atoms with Crippen molar-refractivity contribution in [3.63, 3.8) is 0 Å². The second-order valence-electron chi connectivity index (χ2n) is 7.77. The van der Waals surface area contributed by atoms with Crippen LogP contribution in [0, 0.1) is 10.1 Å². The van der Waals surface area contributed by atoms with Crippen LogP contribution in [0.15, 0.2) is 57.9 Å². The minimum atomic E-state index is -0.670. The Labute approximate surface area is 225 Å². The number of furan rings is 1. The van der Waals surface area contributed by atoms with E-state index >= 15 is 0 Å². The minimum absolute atomic E-state index is 0.0340. The average molecular weight is 559 g/mol. The summed E-state index contributed by atoms with van der Waals surface area (Å²) in [5.41, 5.74) is 1.14. The van der Waals surface area contributed by atoms with Gasteiger partial charge in [0.05, 0.1) is 35.6 Å². The van der Waals surface area contributed by atoms with Crippen LogP contribution in [0.5, 0.6) is 11.5 Å². The molecule has 11 nitrogen and oxygen atoms in total. The van der Waals surface area contributed by atoms with Crippen LogP contribution in [0.3, 0.4) is 0 Å². The molecule has 0 unspecified atom stereocenters. The van der Waals surface area contributed by atoms with Crippen molar-refractivity contribution in [3.05, 3.63) is 91.2 Å². The van der Waals surface area contributed by atoms with Crippen LogP contribution in [0.4, 0.5) is 10.5 Å². The summed E-state index contributed by atoms with van der Waals surface area (Å²) in [6.07, 6.45) is 1.50. The van der Waals surface area contributed by atoms with Crippen LogP contribution >= 0.6 is 23.4 Å². The van der Waals surface area contributed by atoms with Gasteiger partial charge in [-0.05, 0) is 65.4 Å². The number of halogens is 1. The highest BCUT2D eigenvalue weighted by molar-refractivity contribution is 8.18. The van der Waals surface area contributed by atoms with Gasteiger partial charge in [-0.2, -0.15) is 0 Å². The first kappa shape index (κ1) is 26.8. The molecule has 196 valence electrons. The Morgan fingerprint density at radius 2 is 1.89 bits per heavy atom. The molecule has 1 saturated heterocycles. The van der Waals surface area contributed by atoms with E-state index in [2.05, 4.69) is 4.74 Å². The van der Waals surface area contributed by atoms with Gasteiger partial charge in [0.1, 0.15) is 12.4 Å². The molecule has 0 aliphatic carbocycles. The molecular weight excluding hydrogens is 540 g/mol. The van der Waals surface area contributed by atoms with E-state index in [-0.39, 0.29) is 51.8 Å². The van der Waals surface area contributed by atoms with Crippen molar-refractivity contribution >= 4 is 52.2 Å². The van der Waals surface area contributed by atoms with Crippen molar-refractivity contribution in [3.8, 4) is 11.5 Å². The lowest BCUT2D eigenvalue weighted by Crippen LogP contribution is -2.27. The summed E-state index contributed by atoms with van der Waals surface area (Å²) in [5, 5.41) is 10.5. The number of thioether (sulfide) groups is 1. The molecule has 1 aliphatic rings. The van der Waals surface area contributed by atoms with E-state index in [1.54, 1.807) is 24.3 Å². The Hall–Kier alpha value is -4.29. The number of esters is 1. The maximum Gasteiger partial charge on any atom is 0.373 e. The number of amides is 2. The highest BCUT2D eigenvalue weighted by atomic mass is 35.5. The predicted molar refractivity (Wildman–Crippen MR) is 137 cm³/mol. The van der Waals surface area contributed by atoms with Gasteiger partial charge in [0.2, 0.25) is 5.76 Å². The molecule has 38 heavy (non-hydrogen) atoms. The van der Waals surface area contributed by atoms with Crippen LogP contribution in [-0.2, 0) is 22.7 Å². The highest BCUT2D eigenvalue weighted by Gasteiger charge is 2.36. The number of nitrogens with zero attached hydrogens (tertiary/aromatic N) is 2. The molecule has 3 aromatic rings. The fourth-order valence-corrected chi connectivity index (χ4v) is 4.56. The number of methoxy groups -OCH3 is 2. The smallest absolute Gasteiger partial charge is 0.373 e. The number of ether oxygens (including phenoxy) is 3. The lowest BCUT2D eigenvalue weighted by atomic mass is 10.1. The van der Waals surface area contributed by atoms with Gasteiger partial charge in [-0.3, -0.25) is 24.6 Å². The third-order valence-corrected chi connectivity index (χ3v) is 6.50. The van der Waals surface area contributed by atoms with Gasteiger partial charge >= 0.3 is 5.97 Å². The molecule has 2 aromatic carbocycles. The monoisotopic (exact) mass is 558 g/mol. The maximum absolute atomic E-state index is 12.9. The number of benzene rings is 2. The lowest BCUT2D eigenvalue weighted by Gasteiger charge is -2.13. The number of imide groups is 1. The number of nitro benzene ring substituents is 1. The van der Waals surface area contributed by atoms with Gasteiger partial charge in [0, 0.05) is 12.1 Å². The quantitative estimate of drug-likeness (QED) is 0.144. The SMILES string of the molecule is COC(=O)c1ccc(CN2C(=O)S/C(=C/c3cc(Cl)c(OCc4ccc([N+](=O)[O-])cc4)c(OC)c3)C2=O)o1. The summed E-state index contributed by atoms with van der Waals surface area (Å²) in [5.74, 6) is -0.468. The second-order valence-corrected chi connectivity index (χ2v) is 9.17. The predicted octanol–water partition coefficient (Wildman–Crippen LogP) is 5.45. The molecule has 0 radical (unpaired) electrons. The first-order valence-corrected chi connectivity index (χ1v) is 12.1. The van der Waals surface area contributed by atoms with Crippen LogP contribution in [-0.4, -0.2) is 41.2 Å². The van der Waals surface area contributed by atoms with Crippen molar-refractivity contribution in [2.45, 2.75) is 13.2 Å². The molecule has 2 heterocycles. The molecule has 1 aliphatic heterocycles. The first-order valence-electron chi connectivity index (χ1n) is 10.9. The van der Waals surface area contributed by atoms with Crippen molar-refractivity contribution in [1.82, 2.24) is 4.90 Å². The molecule has 0 spiro atoms. The van der Waals surface area contributed by atoms with Crippen molar-refractivity contribution in [2.24, 2.45) is 0 Å². The highest BCUT2D eigenvalue weighted by Crippen LogP contribution is 2.39. The Kier molecular flexibility index (Phi) is 8.03. The molecule has 0 saturated carbocycles. The molecule has 13 heteroatoms. The van der Waals surface area contributed by atoms with Crippen molar-refractivity contribution in [1.29, 1.82) is 0 Å². The number of rotatable bonds is 9. The van der Waals surface area contributed by atoms with E-state index in [1.807, 2.05) is 0 Å². The zero-order valence-corrected chi connectivity index (χ0v) is 21.5. The largest absolute Gasteiger partial charge is 0.493 e. The molecule has 4 rings (SSSR count). The molecule has 2 amide bonds. The standard InChI is InChI=1S/C25H19ClN2O9S/c1-34-20-10-15(9-18(26)22(20)36-13-14-3-5-16(6-4-14)28(32)33)11-21-23(29)27(25(31)38-21)12-17-7-8-19(37-17)24(30)35-2/h3-11H,12-13H2,1-2H3/b21-11+. The third-order valence-electron chi connectivity index (χ3n) is 5.32. The Balaban J connectivity index is 1.49. The van der Waals surface area contributed by atoms with Gasteiger partial charge in [-0.25, -0.2) is 4.79 Å².